The molecule has 1 aromatic heterocycles. The molecule has 1 saturated heterocycles. The van der Waals surface area contributed by atoms with E-state index in [1.165, 1.54) is 0 Å². The van der Waals surface area contributed by atoms with E-state index in [9.17, 15) is 9.59 Å². The quantitative estimate of drug-likeness (QED) is 0.721. The molecule has 7 heteroatoms. The molecule has 3 rings (SSSR count). The van der Waals surface area contributed by atoms with Gasteiger partial charge >= 0.3 is 0 Å². The second-order valence-corrected chi connectivity index (χ2v) is 6.91. The van der Waals surface area contributed by atoms with Gasteiger partial charge in [-0.3, -0.25) is 9.59 Å². The number of nitrogens with two attached hydrogens (primary N) is 1. The van der Waals surface area contributed by atoms with E-state index in [-0.39, 0.29) is 18.3 Å². The largest absolute Gasteiger partial charge is 0.394 e. The van der Waals surface area contributed by atoms with Crippen LogP contribution in [0.2, 0.25) is 0 Å². The van der Waals surface area contributed by atoms with Crippen LogP contribution in [0.25, 0.3) is 0 Å². The molecule has 7 nitrogen and oxygen atoms in total. The lowest BCUT2D eigenvalue weighted by Gasteiger charge is -2.33. The lowest BCUT2D eigenvalue weighted by molar-refractivity contribution is -0.134. The van der Waals surface area contributed by atoms with E-state index in [4.69, 9.17) is 15.4 Å². The van der Waals surface area contributed by atoms with E-state index in [1.54, 1.807) is 11.0 Å². The highest BCUT2D eigenvalue weighted by molar-refractivity contribution is 5.94. The molecule has 0 spiro atoms. The minimum atomic E-state index is -0.823. The Hall–Kier alpha value is -1.73. The number of likely N-dealkylation sites (tertiary alicyclic amines) is 1. The van der Waals surface area contributed by atoms with E-state index < -0.39 is 6.04 Å². The van der Waals surface area contributed by atoms with Gasteiger partial charge in [0.25, 0.3) is 0 Å². The summed E-state index contributed by atoms with van der Waals surface area (Å²) in [5.74, 6) is 1.57. The van der Waals surface area contributed by atoms with Crippen molar-refractivity contribution in [3.8, 4) is 0 Å². The molecule has 2 heterocycles. The van der Waals surface area contributed by atoms with Crippen molar-refractivity contribution >= 4 is 11.7 Å². The lowest BCUT2D eigenvalue weighted by atomic mass is 9.90. The standard InChI is InChI=1S/C17H25N3O4/c18-13(10-21)17(23)20-7-5-11(6-8-20)1-4-15(22)14-9-16(24-19-14)12-2-3-12/h9,11-13,21H,1-8,10,18H2/t13-/m0/s1. The molecular weight excluding hydrogens is 310 g/mol. The fourth-order valence-corrected chi connectivity index (χ4v) is 3.20. The molecule has 132 valence electrons. The minimum Gasteiger partial charge on any atom is -0.394 e. The van der Waals surface area contributed by atoms with Crippen LogP contribution in [0.5, 0.6) is 0 Å². The summed E-state index contributed by atoms with van der Waals surface area (Å²) in [6, 6.07) is 0.966. The number of aromatic nitrogens is 1. The number of hydrogen-bond acceptors (Lipinski definition) is 6. The van der Waals surface area contributed by atoms with Gasteiger partial charge in [0.15, 0.2) is 5.78 Å². The first-order valence-corrected chi connectivity index (χ1v) is 8.73. The maximum atomic E-state index is 12.2. The highest BCUT2D eigenvalue weighted by Crippen LogP contribution is 2.40. The Kier molecular flexibility index (Phi) is 5.30. The topological polar surface area (TPSA) is 110 Å². The van der Waals surface area contributed by atoms with Crippen molar-refractivity contribution in [3.63, 3.8) is 0 Å². The Morgan fingerprint density at radius 1 is 1.33 bits per heavy atom. The molecule has 1 aliphatic carbocycles. The van der Waals surface area contributed by atoms with Gasteiger partial charge in [0.05, 0.1) is 6.61 Å². The predicted octanol–water partition coefficient (Wildman–Crippen LogP) is 1.07. The SMILES string of the molecule is N[C@@H](CO)C(=O)N1CCC(CCC(=O)c2cc(C3CC3)on2)CC1. The summed E-state index contributed by atoms with van der Waals surface area (Å²) in [6.45, 7) is 0.955. The second-order valence-electron chi connectivity index (χ2n) is 6.91. The highest BCUT2D eigenvalue weighted by atomic mass is 16.5. The number of amides is 1. The Labute approximate surface area is 141 Å². The van der Waals surface area contributed by atoms with Crippen LogP contribution in [0.15, 0.2) is 10.6 Å². The number of carbonyl (C=O) groups is 2. The number of piperidine rings is 1. The number of rotatable bonds is 7. The lowest BCUT2D eigenvalue weighted by Crippen LogP contribution is -2.48. The third-order valence-corrected chi connectivity index (χ3v) is 5.01. The highest BCUT2D eigenvalue weighted by Gasteiger charge is 2.29. The van der Waals surface area contributed by atoms with Crippen molar-refractivity contribution in [1.29, 1.82) is 0 Å². The number of aliphatic hydroxyl groups is 1. The van der Waals surface area contributed by atoms with Crippen LogP contribution in [0.3, 0.4) is 0 Å². The molecule has 24 heavy (non-hydrogen) atoms. The van der Waals surface area contributed by atoms with Gasteiger partial charge in [0.1, 0.15) is 17.5 Å². The van der Waals surface area contributed by atoms with Crippen molar-refractivity contribution in [1.82, 2.24) is 10.1 Å². The van der Waals surface area contributed by atoms with Crippen LogP contribution in [0.1, 0.15) is 60.7 Å². The number of Topliss-reactive ketones (excluding diaryl/α,β-unsaturated/α-hetero) is 1. The van der Waals surface area contributed by atoms with Gasteiger partial charge in [0.2, 0.25) is 5.91 Å². The van der Waals surface area contributed by atoms with Gasteiger partial charge in [-0.2, -0.15) is 0 Å². The van der Waals surface area contributed by atoms with Gasteiger partial charge in [-0.1, -0.05) is 5.16 Å². The Morgan fingerprint density at radius 2 is 2.04 bits per heavy atom. The summed E-state index contributed by atoms with van der Waals surface area (Å²) in [5.41, 5.74) is 6.01. The van der Waals surface area contributed by atoms with Crippen LogP contribution in [0, 0.1) is 5.92 Å². The first-order chi connectivity index (χ1) is 11.6. The van der Waals surface area contributed by atoms with E-state index in [2.05, 4.69) is 5.16 Å². The van der Waals surface area contributed by atoms with Crippen molar-refractivity contribution in [2.45, 2.75) is 50.5 Å². The van der Waals surface area contributed by atoms with E-state index in [0.29, 0.717) is 37.0 Å². The number of ketones is 1. The number of carbonyl (C=O) groups excluding carboxylic acids is 2. The average molecular weight is 335 g/mol. The monoisotopic (exact) mass is 335 g/mol. The molecule has 1 aliphatic heterocycles. The van der Waals surface area contributed by atoms with Gasteiger partial charge in [-0.25, -0.2) is 0 Å². The Bertz CT molecular complexity index is 588. The first-order valence-electron chi connectivity index (χ1n) is 8.73. The summed E-state index contributed by atoms with van der Waals surface area (Å²) in [5, 5.41) is 12.8. The molecule has 1 amide bonds. The number of hydrogen-bond donors (Lipinski definition) is 2. The van der Waals surface area contributed by atoms with Crippen LogP contribution in [-0.4, -0.2) is 52.6 Å². The number of nitrogens with zero attached hydrogens (tertiary/aromatic N) is 2. The molecule has 2 fully saturated rings. The smallest absolute Gasteiger partial charge is 0.241 e. The van der Waals surface area contributed by atoms with Gasteiger partial charge in [0, 0.05) is 31.5 Å². The Morgan fingerprint density at radius 3 is 2.67 bits per heavy atom. The van der Waals surface area contributed by atoms with Crippen molar-refractivity contribution in [3.05, 3.63) is 17.5 Å². The zero-order valence-corrected chi connectivity index (χ0v) is 13.8. The fraction of sp³-hybridized carbons (Fsp3) is 0.706. The van der Waals surface area contributed by atoms with Crippen LogP contribution in [0.4, 0.5) is 0 Å². The summed E-state index contributed by atoms with van der Waals surface area (Å²) in [4.78, 5) is 25.8. The molecule has 1 saturated carbocycles. The molecule has 0 unspecified atom stereocenters. The van der Waals surface area contributed by atoms with E-state index >= 15 is 0 Å². The maximum Gasteiger partial charge on any atom is 0.241 e. The van der Waals surface area contributed by atoms with E-state index in [1.807, 2.05) is 0 Å². The summed E-state index contributed by atoms with van der Waals surface area (Å²) in [6.07, 6.45) is 5.25. The zero-order chi connectivity index (χ0) is 17.1. The third-order valence-electron chi connectivity index (χ3n) is 5.01. The van der Waals surface area contributed by atoms with Crippen LogP contribution >= 0.6 is 0 Å². The summed E-state index contributed by atoms with van der Waals surface area (Å²) in [7, 11) is 0. The Balaban J connectivity index is 1.41. The molecule has 0 radical (unpaired) electrons. The summed E-state index contributed by atoms with van der Waals surface area (Å²) < 4.78 is 5.23. The minimum absolute atomic E-state index is 0.0338. The van der Waals surface area contributed by atoms with Crippen molar-refractivity contribution < 1.29 is 19.2 Å². The maximum absolute atomic E-state index is 12.2. The summed E-state index contributed by atoms with van der Waals surface area (Å²) >= 11 is 0. The van der Waals surface area contributed by atoms with Crippen molar-refractivity contribution in [2.75, 3.05) is 19.7 Å². The first kappa shape index (κ1) is 17.1. The van der Waals surface area contributed by atoms with E-state index in [0.717, 1.165) is 37.9 Å². The van der Waals surface area contributed by atoms with Crippen LogP contribution in [-0.2, 0) is 4.79 Å². The molecule has 1 atom stereocenters. The van der Waals surface area contributed by atoms with Gasteiger partial charge in [-0.05, 0) is 38.0 Å². The zero-order valence-electron chi connectivity index (χ0n) is 13.8. The molecule has 0 bridgehead atoms. The third kappa shape index (κ3) is 4.02. The van der Waals surface area contributed by atoms with Gasteiger partial charge < -0.3 is 20.3 Å². The fourth-order valence-electron chi connectivity index (χ4n) is 3.20. The molecule has 2 aliphatic rings. The molecule has 0 aromatic carbocycles. The molecular formula is C17H25N3O4. The average Bonchev–Trinajstić information content (AvgIpc) is 3.35. The molecule has 3 N–H and O–H groups in total. The second kappa shape index (κ2) is 7.44. The van der Waals surface area contributed by atoms with Crippen LogP contribution < -0.4 is 5.73 Å². The number of aliphatic hydroxyl groups excluding tert-OH is 1. The molecule has 1 aromatic rings. The predicted molar refractivity (Wildman–Crippen MR) is 86.4 cm³/mol. The normalized spacial score (nSPS) is 20.2. The van der Waals surface area contributed by atoms with Crippen molar-refractivity contribution in [2.24, 2.45) is 11.7 Å². The van der Waals surface area contributed by atoms with Gasteiger partial charge in [-0.15, -0.1) is 0 Å².